The third kappa shape index (κ3) is 4.62. The van der Waals surface area contributed by atoms with Crippen LogP contribution in [-0.2, 0) is 10.3 Å². The van der Waals surface area contributed by atoms with Gasteiger partial charge >= 0.3 is 0 Å². The van der Waals surface area contributed by atoms with Crippen molar-refractivity contribution in [3.05, 3.63) is 34.9 Å². The van der Waals surface area contributed by atoms with E-state index in [0.29, 0.717) is 29.4 Å². The largest absolute Gasteiger partial charge is 0.347 e. The monoisotopic (exact) mass is 356 g/mol. The maximum Gasteiger partial charge on any atom is 0.220 e. The van der Waals surface area contributed by atoms with Crippen LogP contribution in [0.2, 0.25) is 5.02 Å². The van der Waals surface area contributed by atoms with Gasteiger partial charge in [-0.1, -0.05) is 23.7 Å². The lowest BCUT2D eigenvalue weighted by atomic mass is 9.88. The van der Waals surface area contributed by atoms with Crippen molar-refractivity contribution in [1.82, 2.24) is 10.6 Å². The van der Waals surface area contributed by atoms with E-state index < -0.39 is 5.54 Å². The normalized spacial score (nSPS) is 26.5. The molecule has 128 valence electrons. The molecule has 0 aromatic heterocycles. The second kappa shape index (κ2) is 7.42. The molecule has 1 aromatic carbocycles. The predicted octanol–water partition coefficient (Wildman–Crippen LogP) is 4.03. The van der Waals surface area contributed by atoms with Crippen molar-refractivity contribution in [3.8, 4) is 0 Å². The molecule has 2 aliphatic rings. The van der Waals surface area contributed by atoms with Crippen LogP contribution in [0.1, 0.15) is 51.5 Å². The minimum Gasteiger partial charge on any atom is -0.347 e. The second-order valence-electron chi connectivity index (χ2n) is 7.36. The molecule has 2 bridgehead atoms. The highest BCUT2D eigenvalue weighted by molar-refractivity contribution is 6.30. The molecule has 0 spiro atoms. The van der Waals surface area contributed by atoms with Gasteiger partial charge < -0.3 is 10.6 Å². The Morgan fingerprint density at radius 2 is 1.96 bits per heavy atom. The molecule has 1 aromatic rings. The Labute approximate surface area is 150 Å². The predicted molar refractivity (Wildman–Crippen MR) is 97.2 cm³/mol. The standard InChI is InChI=1S/C18H25ClN2O.ClH/c1-18(2,13-4-3-5-14(19)11-13)21-17(22)10-12-8-15-6-7-16(9-12)20-15;/h3-5,11-12,15-16,20H,6-10H2,1-2H3,(H,21,22);1H. The van der Waals surface area contributed by atoms with Crippen LogP contribution in [0, 0.1) is 5.92 Å². The minimum absolute atomic E-state index is 0. The number of benzene rings is 1. The Bertz CT molecular complexity index is 550. The molecule has 5 heteroatoms. The Morgan fingerprint density at radius 3 is 2.57 bits per heavy atom. The van der Waals surface area contributed by atoms with Crippen LogP contribution in [0.5, 0.6) is 0 Å². The number of hydrogen-bond acceptors (Lipinski definition) is 2. The van der Waals surface area contributed by atoms with Crippen LogP contribution in [0.25, 0.3) is 0 Å². The molecule has 1 amide bonds. The van der Waals surface area contributed by atoms with E-state index in [-0.39, 0.29) is 18.3 Å². The molecule has 2 heterocycles. The molecule has 3 nitrogen and oxygen atoms in total. The second-order valence-corrected chi connectivity index (χ2v) is 7.80. The number of carbonyl (C=O) groups is 1. The molecule has 2 saturated heterocycles. The van der Waals surface area contributed by atoms with E-state index in [1.807, 2.05) is 38.1 Å². The average molecular weight is 357 g/mol. The maximum atomic E-state index is 12.5. The Balaban J connectivity index is 0.00000192. The molecule has 0 aliphatic carbocycles. The smallest absolute Gasteiger partial charge is 0.220 e. The summed E-state index contributed by atoms with van der Waals surface area (Å²) in [5.41, 5.74) is 0.646. The summed E-state index contributed by atoms with van der Waals surface area (Å²) < 4.78 is 0. The van der Waals surface area contributed by atoms with E-state index >= 15 is 0 Å². The molecule has 2 N–H and O–H groups in total. The molecule has 2 atom stereocenters. The van der Waals surface area contributed by atoms with Gasteiger partial charge in [0.15, 0.2) is 0 Å². The SMILES string of the molecule is CC(C)(NC(=O)CC1CC2CCC(C1)N2)c1cccc(Cl)c1.Cl. The third-order valence-corrected chi connectivity index (χ3v) is 5.28. The number of nitrogens with one attached hydrogen (secondary N) is 2. The van der Waals surface area contributed by atoms with Crippen molar-refractivity contribution < 1.29 is 4.79 Å². The van der Waals surface area contributed by atoms with Crippen LogP contribution in [-0.4, -0.2) is 18.0 Å². The summed E-state index contributed by atoms with van der Waals surface area (Å²) in [4.78, 5) is 12.5. The fourth-order valence-corrected chi connectivity index (χ4v) is 4.14. The van der Waals surface area contributed by atoms with Gasteiger partial charge in [0.25, 0.3) is 0 Å². The fraction of sp³-hybridized carbons (Fsp3) is 0.611. The van der Waals surface area contributed by atoms with Gasteiger partial charge in [-0.15, -0.1) is 12.4 Å². The number of piperidine rings is 1. The van der Waals surface area contributed by atoms with Crippen LogP contribution in [0.4, 0.5) is 0 Å². The van der Waals surface area contributed by atoms with Gasteiger partial charge in [0.2, 0.25) is 5.91 Å². The van der Waals surface area contributed by atoms with Crippen molar-refractivity contribution >= 4 is 29.9 Å². The summed E-state index contributed by atoms with van der Waals surface area (Å²) in [5.74, 6) is 0.671. The van der Waals surface area contributed by atoms with Gasteiger partial charge in [-0.05, 0) is 63.1 Å². The maximum absolute atomic E-state index is 12.5. The molecule has 2 fully saturated rings. The van der Waals surface area contributed by atoms with Crippen LogP contribution in [0.3, 0.4) is 0 Å². The summed E-state index contributed by atoms with van der Waals surface area (Å²) >= 11 is 6.06. The third-order valence-electron chi connectivity index (χ3n) is 5.04. The number of fused-ring (bicyclic) bond motifs is 2. The van der Waals surface area contributed by atoms with Gasteiger partial charge in [-0.25, -0.2) is 0 Å². The zero-order chi connectivity index (χ0) is 15.7. The fourth-order valence-electron chi connectivity index (χ4n) is 3.95. The molecule has 2 aliphatic heterocycles. The van der Waals surface area contributed by atoms with Gasteiger partial charge in [0.1, 0.15) is 0 Å². The topological polar surface area (TPSA) is 41.1 Å². The van der Waals surface area contributed by atoms with Crippen molar-refractivity contribution in [2.75, 3.05) is 0 Å². The number of halogens is 2. The first-order chi connectivity index (χ1) is 10.4. The van der Waals surface area contributed by atoms with Crippen LogP contribution < -0.4 is 10.6 Å². The minimum atomic E-state index is -0.395. The first-order valence-corrected chi connectivity index (χ1v) is 8.63. The average Bonchev–Trinajstić information content (AvgIpc) is 2.77. The summed E-state index contributed by atoms with van der Waals surface area (Å²) in [7, 11) is 0. The molecular formula is C18H26Cl2N2O. The van der Waals surface area contributed by atoms with E-state index in [1.54, 1.807) is 0 Å². The number of amides is 1. The Hall–Kier alpha value is -0.770. The van der Waals surface area contributed by atoms with Crippen molar-refractivity contribution in [1.29, 1.82) is 0 Å². The lowest BCUT2D eigenvalue weighted by Crippen LogP contribution is -2.44. The highest BCUT2D eigenvalue weighted by atomic mass is 35.5. The number of hydrogen-bond donors (Lipinski definition) is 2. The van der Waals surface area contributed by atoms with Gasteiger partial charge in [-0.2, -0.15) is 0 Å². The van der Waals surface area contributed by atoms with Crippen LogP contribution in [0.15, 0.2) is 24.3 Å². The van der Waals surface area contributed by atoms with Crippen molar-refractivity contribution in [2.45, 2.75) is 63.6 Å². The van der Waals surface area contributed by atoms with E-state index in [2.05, 4.69) is 10.6 Å². The van der Waals surface area contributed by atoms with E-state index in [1.165, 1.54) is 12.8 Å². The van der Waals surface area contributed by atoms with Crippen molar-refractivity contribution in [3.63, 3.8) is 0 Å². The molecule has 3 rings (SSSR count). The van der Waals surface area contributed by atoms with Crippen LogP contribution >= 0.6 is 24.0 Å². The number of carbonyl (C=O) groups excluding carboxylic acids is 1. The molecule has 0 saturated carbocycles. The summed E-state index contributed by atoms with van der Waals surface area (Å²) in [5, 5.41) is 7.51. The lowest BCUT2D eigenvalue weighted by Gasteiger charge is -2.31. The first kappa shape index (κ1) is 18.6. The summed E-state index contributed by atoms with van der Waals surface area (Å²) in [6.07, 6.45) is 5.47. The van der Waals surface area contributed by atoms with Gasteiger partial charge in [0.05, 0.1) is 5.54 Å². The lowest BCUT2D eigenvalue weighted by molar-refractivity contribution is -0.124. The summed E-state index contributed by atoms with van der Waals surface area (Å²) in [6, 6.07) is 8.99. The van der Waals surface area contributed by atoms with Gasteiger partial charge in [-0.3, -0.25) is 4.79 Å². The number of rotatable bonds is 4. The Morgan fingerprint density at radius 1 is 1.30 bits per heavy atom. The highest BCUT2D eigenvalue weighted by Gasteiger charge is 2.34. The van der Waals surface area contributed by atoms with Gasteiger partial charge in [0, 0.05) is 23.5 Å². The Kier molecular flexibility index (Phi) is 5.99. The molecule has 2 unspecified atom stereocenters. The van der Waals surface area contributed by atoms with Crippen molar-refractivity contribution in [2.24, 2.45) is 5.92 Å². The zero-order valence-electron chi connectivity index (χ0n) is 13.8. The quantitative estimate of drug-likeness (QED) is 0.854. The van der Waals surface area contributed by atoms with E-state index in [9.17, 15) is 4.79 Å². The zero-order valence-corrected chi connectivity index (χ0v) is 15.3. The van der Waals surface area contributed by atoms with E-state index in [0.717, 1.165) is 18.4 Å². The highest BCUT2D eigenvalue weighted by Crippen LogP contribution is 2.33. The summed E-state index contributed by atoms with van der Waals surface area (Å²) in [6.45, 7) is 4.06. The van der Waals surface area contributed by atoms with E-state index in [4.69, 9.17) is 11.6 Å². The molecule has 0 radical (unpaired) electrons. The molecule has 23 heavy (non-hydrogen) atoms. The first-order valence-electron chi connectivity index (χ1n) is 8.25. The molecular weight excluding hydrogens is 331 g/mol.